The van der Waals surface area contributed by atoms with Gasteiger partial charge in [0.25, 0.3) is 0 Å². The van der Waals surface area contributed by atoms with Crippen molar-refractivity contribution in [2.75, 3.05) is 20.2 Å². The van der Waals surface area contributed by atoms with E-state index < -0.39 is 40.8 Å². The zero-order chi connectivity index (χ0) is 23.6. The molecule has 6 nitrogen and oxygen atoms in total. The molecule has 1 aliphatic heterocycles. The molecule has 0 N–H and O–H groups in total. The number of benzene rings is 1. The highest BCUT2D eigenvalue weighted by Crippen LogP contribution is 2.40. The van der Waals surface area contributed by atoms with Crippen LogP contribution in [-0.4, -0.2) is 48.4 Å². The van der Waals surface area contributed by atoms with Crippen molar-refractivity contribution in [2.24, 2.45) is 0 Å². The van der Waals surface area contributed by atoms with Crippen LogP contribution in [0.25, 0.3) is 5.57 Å². The number of rotatable bonds is 4. The number of alkyl halides is 3. The Kier molecular flexibility index (Phi) is 6.97. The molecule has 2 rings (SSSR count). The predicted molar refractivity (Wildman–Crippen MR) is 109 cm³/mol. The highest BCUT2D eigenvalue weighted by atomic mass is 19.4. The van der Waals surface area contributed by atoms with E-state index in [1.54, 1.807) is 26.8 Å². The van der Waals surface area contributed by atoms with Gasteiger partial charge in [0, 0.05) is 13.1 Å². The van der Waals surface area contributed by atoms with E-state index in [2.05, 4.69) is 4.74 Å². The molecular weight excluding hydrogens is 415 g/mol. The summed E-state index contributed by atoms with van der Waals surface area (Å²) in [5.74, 6) is -1.25. The largest absolute Gasteiger partial charge is 0.476 e. The molecule has 0 bridgehead atoms. The molecule has 1 heterocycles. The number of ether oxygens (including phenoxy) is 3. The zero-order valence-electron chi connectivity index (χ0n) is 18.6. The van der Waals surface area contributed by atoms with Gasteiger partial charge in [0.1, 0.15) is 11.4 Å². The van der Waals surface area contributed by atoms with Gasteiger partial charge in [0.15, 0.2) is 5.60 Å². The minimum absolute atomic E-state index is 0.235. The van der Waals surface area contributed by atoms with Gasteiger partial charge in [0.05, 0.1) is 12.7 Å². The van der Waals surface area contributed by atoms with Crippen molar-refractivity contribution < 1.29 is 37.0 Å². The Balaban J connectivity index is 2.27. The van der Waals surface area contributed by atoms with Crippen LogP contribution in [0.3, 0.4) is 0 Å². The number of esters is 1. The van der Waals surface area contributed by atoms with Crippen LogP contribution in [0.15, 0.2) is 24.3 Å². The van der Waals surface area contributed by atoms with Crippen molar-refractivity contribution in [1.82, 2.24) is 4.90 Å². The Labute approximate surface area is 179 Å². The van der Waals surface area contributed by atoms with Crippen molar-refractivity contribution in [3.05, 3.63) is 35.4 Å². The van der Waals surface area contributed by atoms with Gasteiger partial charge < -0.3 is 19.1 Å². The Morgan fingerprint density at radius 2 is 1.71 bits per heavy atom. The van der Waals surface area contributed by atoms with Crippen LogP contribution >= 0.6 is 0 Å². The number of carbonyl (C=O) groups is 2. The van der Waals surface area contributed by atoms with E-state index in [-0.39, 0.29) is 6.54 Å². The van der Waals surface area contributed by atoms with Gasteiger partial charge in [-0.2, -0.15) is 13.2 Å². The average Bonchev–Trinajstić information content (AvgIpc) is 2.65. The molecule has 9 heteroatoms. The predicted octanol–water partition coefficient (Wildman–Crippen LogP) is 5.06. The number of nitrogens with zero attached hydrogens (tertiary/aromatic N) is 1. The fraction of sp³-hybridized carbons (Fsp3) is 0.545. The Morgan fingerprint density at radius 3 is 2.19 bits per heavy atom. The standard InChI is InChI=1S/C22H28F3NO5/c1-20(2,3)31-19(28)26-11-9-14(10-12-26)15-7-8-17(16(13-15)22(23,24)25)30-21(4,5)18(27)29-6/h7-9,13H,10-12H2,1-6H3. The van der Waals surface area contributed by atoms with E-state index in [4.69, 9.17) is 9.47 Å². The van der Waals surface area contributed by atoms with E-state index in [0.29, 0.717) is 24.1 Å². The molecule has 0 aromatic heterocycles. The number of methoxy groups -OCH3 is 1. The van der Waals surface area contributed by atoms with Crippen LogP contribution < -0.4 is 4.74 Å². The molecule has 1 aromatic rings. The summed E-state index contributed by atoms with van der Waals surface area (Å²) >= 11 is 0. The summed E-state index contributed by atoms with van der Waals surface area (Å²) in [6.07, 6.45) is -3.06. The van der Waals surface area contributed by atoms with Crippen molar-refractivity contribution in [3.63, 3.8) is 0 Å². The molecule has 0 radical (unpaired) electrons. The molecule has 1 amide bonds. The maximum absolute atomic E-state index is 13.7. The lowest BCUT2D eigenvalue weighted by atomic mass is 9.97. The molecule has 1 aliphatic rings. The molecular formula is C22H28F3NO5. The average molecular weight is 443 g/mol. The summed E-state index contributed by atoms with van der Waals surface area (Å²) in [5.41, 5.74) is -2.15. The normalized spacial score (nSPS) is 15.3. The minimum Gasteiger partial charge on any atom is -0.476 e. The summed E-state index contributed by atoms with van der Waals surface area (Å²) in [5, 5.41) is 0. The molecule has 31 heavy (non-hydrogen) atoms. The highest BCUT2D eigenvalue weighted by Gasteiger charge is 2.39. The smallest absolute Gasteiger partial charge is 0.419 e. The topological polar surface area (TPSA) is 65.1 Å². The summed E-state index contributed by atoms with van der Waals surface area (Å²) < 4.78 is 56.4. The van der Waals surface area contributed by atoms with E-state index in [1.165, 1.54) is 30.9 Å². The van der Waals surface area contributed by atoms with Crippen molar-refractivity contribution in [3.8, 4) is 5.75 Å². The molecule has 0 unspecified atom stereocenters. The molecule has 1 aromatic carbocycles. The number of hydrogen-bond acceptors (Lipinski definition) is 5. The fourth-order valence-corrected chi connectivity index (χ4v) is 3.03. The summed E-state index contributed by atoms with van der Waals surface area (Å²) in [6.45, 7) is 8.53. The van der Waals surface area contributed by atoms with E-state index in [0.717, 1.165) is 13.2 Å². The van der Waals surface area contributed by atoms with Gasteiger partial charge >= 0.3 is 18.2 Å². The number of halogens is 3. The first-order valence-corrected chi connectivity index (χ1v) is 9.80. The van der Waals surface area contributed by atoms with Crippen molar-refractivity contribution in [1.29, 1.82) is 0 Å². The summed E-state index contributed by atoms with van der Waals surface area (Å²) in [4.78, 5) is 25.5. The number of carbonyl (C=O) groups excluding carboxylic acids is 2. The molecule has 0 saturated heterocycles. The van der Waals surface area contributed by atoms with Gasteiger partial charge in [-0.05, 0) is 64.3 Å². The van der Waals surface area contributed by atoms with E-state index in [9.17, 15) is 22.8 Å². The van der Waals surface area contributed by atoms with Crippen LogP contribution in [0.5, 0.6) is 5.75 Å². The van der Waals surface area contributed by atoms with Gasteiger partial charge in [-0.15, -0.1) is 0 Å². The second-order valence-corrected chi connectivity index (χ2v) is 8.72. The quantitative estimate of drug-likeness (QED) is 0.609. The molecule has 0 spiro atoms. The lowest BCUT2D eigenvalue weighted by Crippen LogP contribution is -2.39. The minimum atomic E-state index is -4.69. The first-order valence-electron chi connectivity index (χ1n) is 9.80. The molecule has 0 saturated carbocycles. The van der Waals surface area contributed by atoms with Gasteiger partial charge in [0.2, 0.25) is 0 Å². The van der Waals surface area contributed by atoms with E-state index in [1.807, 2.05) is 0 Å². The molecule has 0 fully saturated rings. The number of hydrogen-bond donors (Lipinski definition) is 0. The summed E-state index contributed by atoms with van der Waals surface area (Å²) in [6, 6.07) is 3.70. The maximum atomic E-state index is 13.7. The molecule has 172 valence electrons. The SMILES string of the molecule is COC(=O)C(C)(C)Oc1ccc(C2=CCN(C(=O)OC(C)(C)C)CC2)cc1C(F)(F)F. The Hall–Kier alpha value is -2.71. The van der Waals surface area contributed by atoms with Crippen LogP contribution in [-0.2, 0) is 20.4 Å². The third-order valence-electron chi connectivity index (χ3n) is 4.56. The lowest BCUT2D eigenvalue weighted by Gasteiger charge is -2.30. The van der Waals surface area contributed by atoms with Crippen LogP contribution in [0.2, 0.25) is 0 Å². The van der Waals surface area contributed by atoms with Crippen molar-refractivity contribution >= 4 is 17.6 Å². The first kappa shape index (κ1) is 24.6. The fourth-order valence-electron chi connectivity index (χ4n) is 3.03. The summed E-state index contributed by atoms with van der Waals surface area (Å²) in [7, 11) is 1.14. The Bertz CT molecular complexity index is 869. The zero-order valence-corrected chi connectivity index (χ0v) is 18.6. The van der Waals surface area contributed by atoms with Gasteiger partial charge in [-0.25, -0.2) is 9.59 Å². The van der Waals surface area contributed by atoms with E-state index >= 15 is 0 Å². The molecule has 0 atom stereocenters. The third kappa shape index (κ3) is 6.38. The van der Waals surface area contributed by atoms with Crippen LogP contribution in [0, 0.1) is 0 Å². The highest BCUT2D eigenvalue weighted by molar-refractivity contribution is 5.79. The third-order valence-corrected chi connectivity index (χ3v) is 4.56. The maximum Gasteiger partial charge on any atom is 0.419 e. The molecule has 0 aliphatic carbocycles. The van der Waals surface area contributed by atoms with Crippen LogP contribution in [0.1, 0.15) is 52.2 Å². The van der Waals surface area contributed by atoms with Crippen LogP contribution in [0.4, 0.5) is 18.0 Å². The van der Waals surface area contributed by atoms with Gasteiger partial charge in [-0.3, -0.25) is 0 Å². The lowest BCUT2D eigenvalue weighted by molar-refractivity contribution is -0.158. The number of amides is 1. The first-order chi connectivity index (χ1) is 14.1. The Morgan fingerprint density at radius 1 is 1.06 bits per heavy atom. The van der Waals surface area contributed by atoms with Crippen molar-refractivity contribution in [2.45, 2.75) is 58.4 Å². The van der Waals surface area contributed by atoms with Gasteiger partial charge in [-0.1, -0.05) is 12.1 Å². The monoisotopic (exact) mass is 443 g/mol. The second kappa shape index (κ2) is 8.80. The second-order valence-electron chi connectivity index (χ2n) is 8.72.